The summed E-state index contributed by atoms with van der Waals surface area (Å²) in [5.74, 6) is 0.0472. The van der Waals surface area contributed by atoms with Crippen molar-refractivity contribution in [3.63, 3.8) is 0 Å². The van der Waals surface area contributed by atoms with E-state index in [1.54, 1.807) is 12.1 Å². The standard InChI is InChI=1S/C20H19BrO3Se/c21-17-16-11-14(12-23-20(22)13-7-3-1-4-8-13)18(24-16)19(17)25-15-9-5-2-6-10-15/h1-10,14,16-19H,11-12H2/t14-,16-,17+,18+,19-/m0/s1. The van der Waals surface area contributed by atoms with Crippen LogP contribution in [0.4, 0.5) is 0 Å². The van der Waals surface area contributed by atoms with Crippen molar-refractivity contribution >= 4 is 41.3 Å². The second kappa shape index (κ2) is 7.63. The van der Waals surface area contributed by atoms with E-state index in [4.69, 9.17) is 9.47 Å². The van der Waals surface area contributed by atoms with E-state index in [0.29, 0.717) is 42.7 Å². The summed E-state index contributed by atoms with van der Waals surface area (Å²) in [6.45, 7) is 0.440. The summed E-state index contributed by atoms with van der Waals surface area (Å²) in [7, 11) is 0. The molecule has 3 nitrogen and oxygen atoms in total. The van der Waals surface area contributed by atoms with Gasteiger partial charge < -0.3 is 0 Å². The van der Waals surface area contributed by atoms with Gasteiger partial charge in [0.05, 0.1) is 0 Å². The first-order valence-electron chi connectivity index (χ1n) is 8.46. The van der Waals surface area contributed by atoms with Crippen LogP contribution >= 0.6 is 15.9 Å². The Balaban J connectivity index is 1.38. The Morgan fingerprint density at radius 2 is 1.80 bits per heavy atom. The first-order valence-corrected chi connectivity index (χ1v) is 11.2. The van der Waals surface area contributed by atoms with Gasteiger partial charge >= 0.3 is 163 Å². The van der Waals surface area contributed by atoms with E-state index in [9.17, 15) is 4.79 Å². The third-order valence-electron chi connectivity index (χ3n) is 4.78. The van der Waals surface area contributed by atoms with E-state index >= 15 is 0 Å². The van der Waals surface area contributed by atoms with E-state index in [-0.39, 0.29) is 18.2 Å². The third-order valence-corrected chi connectivity index (χ3v) is 9.62. The monoisotopic (exact) mass is 466 g/mol. The fourth-order valence-corrected chi connectivity index (χ4v) is 7.58. The van der Waals surface area contributed by atoms with Gasteiger partial charge in [0.1, 0.15) is 0 Å². The van der Waals surface area contributed by atoms with Crippen molar-refractivity contribution in [1.82, 2.24) is 0 Å². The van der Waals surface area contributed by atoms with Crippen molar-refractivity contribution in [2.75, 3.05) is 6.61 Å². The second-order valence-corrected chi connectivity index (χ2v) is 10.1. The summed E-state index contributed by atoms with van der Waals surface area (Å²) < 4.78 is 13.2. The number of alkyl halides is 1. The molecule has 0 spiro atoms. The van der Waals surface area contributed by atoms with Crippen molar-refractivity contribution in [3.8, 4) is 0 Å². The summed E-state index contributed by atoms with van der Waals surface area (Å²) in [6, 6.07) is 19.8. The van der Waals surface area contributed by atoms with E-state index < -0.39 is 0 Å². The molecule has 0 saturated carbocycles. The quantitative estimate of drug-likeness (QED) is 0.386. The fraction of sp³-hybridized carbons (Fsp3) is 0.350. The van der Waals surface area contributed by atoms with Crippen molar-refractivity contribution in [2.24, 2.45) is 5.92 Å². The molecule has 0 aliphatic carbocycles. The predicted octanol–water partition coefficient (Wildman–Crippen LogP) is 3.21. The van der Waals surface area contributed by atoms with Crippen LogP contribution in [-0.4, -0.2) is 44.6 Å². The molecule has 2 saturated heterocycles. The summed E-state index contributed by atoms with van der Waals surface area (Å²) in [5.41, 5.74) is 0.606. The van der Waals surface area contributed by atoms with Crippen LogP contribution in [0, 0.1) is 5.92 Å². The molecule has 0 aromatic heterocycles. The average Bonchev–Trinajstić information content (AvgIpc) is 3.20. The SMILES string of the molecule is O=C(OC[C@@H]1C[C@@H]2O[C@H]1[C@@H]([Se]c1ccccc1)[C@@H]2Br)c1ccccc1. The molecule has 2 aromatic rings. The number of fused-ring (bicyclic) bond motifs is 2. The molecule has 5 heteroatoms. The van der Waals surface area contributed by atoms with Crippen molar-refractivity contribution in [1.29, 1.82) is 0 Å². The number of ether oxygens (including phenoxy) is 2. The number of carbonyl (C=O) groups excluding carboxylic acids is 1. The molecule has 2 aliphatic heterocycles. The minimum atomic E-state index is -0.246. The van der Waals surface area contributed by atoms with Crippen LogP contribution in [0.5, 0.6) is 0 Å². The molecule has 0 amide bonds. The number of hydrogen-bond donors (Lipinski definition) is 0. The molecule has 2 heterocycles. The van der Waals surface area contributed by atoms with Gasteiger partial charge in [-0.2, -0.15) is 0 Å². The second-order valence-electron chi connectivity index (χ2n) is 6.44. The van der Waals surface area contributed by atoms with Crippen LogP contribution in [0.1, 0.15) is 16.8 Å². The molecule has 2 aromatic carbocycles. The summed E-state index contributed by atoms with van der Waals surface area (Å²) >= 11 is 4.19. The molecule has 2 fully saturated rings. The van der Waals surface area contributed by atoms with Crippen LogP contribution in [-0.2, 0) is 9.47 Å². The van der Waals surface area contributed by atoms with Gasteiger partial charge in [-0.15, -0.1) is 0 Å². The summed E-state index contributed by atoms with van der Waals surface area (Å²) in [5, 5.41) is 0. The van der Waals surface area contributed by atoms with Gasteiger partial charge in [-0.05, 0) is 0 Å². The van der Waals surface area contributed by atoms with Gasteiger partial charge in [0, 0.05) is 0 Å². The van der Waals surface area contributed by atoms with Gasteiger partial charge in [-0.3, -0.25) is 0 Å². The number of halogens is 1. The Hall–Kier alpha value is -1.13. The molecular formula is C20H19BrO3Se. The summed E-state index contributed by atoms with van der Waals surface area (Å²) in [4.78, 5) is 13.1. The summed E-state index contributed by atoms with van der Waals surface area (Å²) in [6.07, 6.45) is 1.38. The zero-order valence-electron chi connectivity index (χ0n) is 13.6. The number of carbonyl (C=O) groups is 1. The molecule has 25 heavy (non-hydrogen) atoms. The Kier molecular flexibility index (Phi) is 5.28. The van der Waals surface area contributed by atoms with Crippen LogP contribution in [0.2, 0.25) is 4.82 Å². The fourth-order valence-electron chi connectivity index (χ4n) is 3.54. The normalized spacial score (nSPS) is 30.4. The van der Waals surface area contributed by atoms with Crippen molar-refractivity contribution < 1.29 is 14.3 Å². The Bertz CT molecular complexity index is 724. The molecule has 2 aliphatic rings. The van der Waals surface area contributed by atoms with E-state index in [0.717, 1.165) is 6.42 Å². The Morgan fingerprint density at radius 1 is 1.12 bits per heavy atom. The van der Waals surface area contributed by atoms with Crippen LogP contribution in [0.25, 0.3) is 0 Å². The average molecular weight is 466 g/mol. The molecule has 4 rings (SSSR count). The van der Waals surface area contributed by atoms with Crippen LogP contribution in [0.15, 0.2) is 60.7 Å². The molecule has 0 radical (unpaired) electrons. The predicted molar refractivity (Wildman–Crippen MR) is 102 cm³/mol. The van der Waals surface area contributed by atoms with Gasteiger partial charge in [-0.25, -0.2) is 0 Å². The topological polar surface area (TPSA) is 35.5 Å². The number of hydrogen-bond acceptors (Lipinski definition) is 3. The van der Waals surface area contributed by atoms with Crippen molar-refractivity contribution in [2.45, 2.75) is 28.3 Å². The molecule has 5 atom stereocenters. The number of esters is 1. The Labute approximate surface area is 162 Å². The van der Waals surface area contributed by atoms with Gasteiger partial charge in [0.2, 0.25) is 0 Å². The van der Waals surface area contributed by atoms with E-state index in [2.05, 4.69) is 40.2 Å². The van der Waals surface area contributed by atoms with Crippen LogP contribution in [0.3, 0.4) is 0 Å². The first kappa shape index (κ1) is 17.3. The molecule has 2 bridgehead atoms. The number of rotatable bonds is 5. The maximum atomic E-state index is 12.2. The molecular weight excluding hydrogens is 447 g/mol. The first-order chi connectivity index (χ1) is 12.2. The number of benzene rings is 2. The zero-order chi connectivity index (χ0) is 17.2. The molecule has 130 valence electrons. The maximum absolute atomic E-state index is 12.2. The van der Waals surface area contributed by atoms with Gasteiger partial charge in [0.15, 0.2) is 0 Å². The molecule has 0 N–H and O–H groups in total. The van der Waals surface area contributed by atoms with E-state index in [1.807, 2.05) is 24.3 Å². The van der Waals surface area contributed by atoms with E-state index in [1.165, 1.54) is 4.46 Å². The minimum absolute atomic E-state index is 0.179. The van der Waals surface area contributed by atoms with Crippen LogP contribution < -0.4 is 4.46 Å². The third kappa shape index (κ3) is 3.70. The van der Waals surface area contributed by atoms with Crippen molar-refractivity contribution in [3.05, 3.63) is 66.2 Å². The molecule has 0 unspecified atom stereocenters. The van der Waals surface area contributed by atoms with Gasteiger partial charge in [-0.1, -0.05) is 0 Å². The van der Waals surface area contributed by atoms with Gasteiger partial charge in [0.25, 0.3) is 0 Å². The Morgan fingerprint density at radius 3 is 2.48 bits per heavy atom. The zero-order valence-corrected chi connectivity index (χ0v) is 16.9.